The van der Waals surface area contributed by atoms with Crippen molar-refractivity contribution in [3.63, 3.8) is 0 Å². The minimum atomic E-state index is -0.872. The largest absolute Gasteiger partial charge is 0.481 e. The van der Waals surface area contributed by atoms with Crippen LogP contribution in [0.15, 0.2) is 0 Å². The molecule has 0 aromatic heterocycles. The number of carbonyl (C=O) groups excluding carboxylic acids is 1. The van der Waals surface area contributed by atoms with Crippen molar-refractivity contribution < 1.29 is 14.7 Å². The molecule has 6 nitrogen and oxygen atoms in total. The van der Waals surface area contributed by atoms with Gasteiger partial charge in [0.2, 0.25) is 0 Å². The summed E-state index contributed by atoms with van der Waals surface area (Å²) in [7, 11) is 2.07. The average Bonchev–Trinajstić information content (AvgIpc) is 2.34. The van der Waals surface area contributed by atoms with Gasteiger partial charge in [-0.25, -0.2) is 4.79 Å². The lowest BCUT2D eigenvalue weighted by Crippen LogP contribution is -2.59. The molecule has 20 heavy (non-hydrogen) atoms. The molecule has 2 unspecified atom stereocenters. The molecule has 0 aromatic rings. The highest BCUT2D eigenvalue weighted by Gasteiger charge is 2.32. The average molecular weight is 285 g/mol. The molecule has 1 saturated heterocycles. The van der Waals surface area contributed by atoms with Crippen LogP contribution in [-0.2, 0) is 4.79 Å². The third-order valence-corrected chi connectivity index (χ3v) is 4.07. The van der Waals surface area contributed by atoms with Gasteiger partial charge in [-0.3, -0.25) is 9.69 Å². The second-order valence-corrected chi connectivity index (χ2v) is 5.98. The summed E-state index contributed by atoms with van der Waals surface area (Å²) in [4.78, 5) is 29.1. The monoisotopic (exact) mass is 285 g/mol. The number of urea groups is 1. The Kier molecular flexibility index (Phi) is 5.80. The predicted octanol–water partition coefficient (Wildman–Crippen LogP) is 1.32. The van der Waals surface area contributed by atoms with Gasteiger partial charge >= 0.3 is 12.0 Å². The molecule has 0 radical (unpaired) electrons. The normalized spacial score (nSPS) is 24.0. The maximum Gasteiger partial charge on any atom is 0.320 e. The molecule has 0 bridgehead atoms. The Morgan fingerprint density at radius 2 is 1.75 bits per heavy atom. The molecule has 0 saturated carbocycles. The zero-order chi connectivity index (χ0) is 15.4. The van der Waals surface area contributed by atoms with Crippen molar-refractivity contribution in [1.29, 1.82) is 0 Å². The van der Waals surface area contributed by atoms with Crippen LogP contribution in [0.1, 0.15) is 34.1 Å². The number of aliphatic carboxylic acids is 1. The van der Waals surface area contributed by atoms with E-state index in [-0.39, 0.29) is 25.0 Å². The van der Waals surface area contributed by atoms with Gasteiger partial charge in [-0.1, -0.05) is 0 Å². The minimum Gasteiger partial charge on any atom is -0.481 e. The summed E-state index contributed by atoms with van der Waals surface area (Å²) in [5.74, 6) is -0.872. The fraction of sp³-hybridized carbons (Fsp3) is 0.857. The molecular weight excluding hydrogens is 258 g/mol. The topological polar surface area (TPSA) is 64.1 Å². The molecule has 2 amide bonds. The lowest BCUT2D eigenvalue weighted by atomic mass is 10.1. The molecule has 1 rings (SSSR count). The summed E-state index contributed by atoms with van der Waals surface area (Å²) in [5, 5.41) is 8.80. The molecule has 0 spiro atoms. The summed E-state index contributed by atoms with van der Waals surface area (Å²) >= 11 is 0. The van der Waals surface area contributed by atoms with Crippen LogP contribution in [0.25, 0.3) is 0 Å². The Morgan fingerprint density at radius 1 is 1.25 bits per heavy atom. The number of hydrogen-bond donors (Lipinski definition) is 1. The number of carbonyl (C=O) groups is 2. The zero-order valence-electron chi connectivity index (χ0n) is 13.2. The van der Waals surface area contributed by atoms with Crippen molar-refractivity contribution in [3.8, 4) is 0 Å². The molecule has 1 aliphatic rings. The zero-order valence-corrected chi connectivity index (χ0v) is 13.2. The quantitative estimate of drug-likeness (QED) is 0.846. The van der Waals surface area contributed by atoms with Crippen LogP contribution in [0.3, 0.4) is 0 Å². The van der Waals surface area contributed by atoms with Crippen molar-refractivity contribution in [3.05, 3.63) is 0 Å². The highest BCUT2D eigenvalue weighted by Crippen LogP contribution is 2.16. The molecule has 0 aromatic carbocycles. The Balaban J connectivity index is 2.72. The van der Waals surface area contributed by atoms with Crippen molar-refractivity contribution in [2.75, 3.05) is 26.7 Å². The fourth-order valence-electron chi connectivity index (χ4n) is 2.53. The molecule has 6 heteroatoms. The van der Waals surface area contributed by atoms with Crippen LogP contribution in [-0.4, -0.2) is 76.6 Å². The first kappa shape index (κ1) is 16.8. The van der Waals surface area contributed by atoms with E-state index < -0.39 is 5.97 Å². The number of likely N-dealkylation sites (N-methyl/N-ethyl adjacent to an activating group) is 1. The molecule has 1 heterocycles. The number of rotatable bonds is 4. The smallest absolute Gasteiger partial charge is 0.320 e. The van der Waals surface area contributed by atoms with Gasteiger partial charge in [0.25, 0.3) is 0 Å². The van der Waals surface area contributed by atoms with Crippen LogP contribution in [0.5, 0.6) is 0 Å². The standard InChI is InChI=1S/C14H27N3O3/c1-10(2)17(7-6-13(18)19)14(20)16-8-11(3)15(5)12(4)9-16/h10-12H,6-9H2,1-5H3,(H,18,19). The van der Waals surface area contributed by atoms with E-state index in [1.807, 2.05) is 18.7 Å². The van der Waals surface area contributed by atoms with Gasteiger partial charge in [0.1, 0.15) is 0 Å². The molecule has 1 aliphatic heterocycles. The van der Waals surface area contributed by atoms with Crippen LogP contribution in [0, 0.1) is 0 Å². The minimum absolute atomic E-state index is 0.00659. The van der Waals surface area contributed by atoms with Gasteiger partial charge in [-0.15, -0.1) is 0 Å². The van der Waals surface area contributed by atoms with E-state index in [0.29, 0.717) is 25.2 Å². The molecule has 1 fully saturated rings. The molecule has 116 valence electrons. The van der Waals surface area contributed by atoms with E-state index in [4.69, 9.17) is 5.11 Å². The summed E-state index contributed by atoms with van der Waals surface area (Å²) in [6.07, 6.45) is -0.0111. The predicted molar refractivity (Wildman–Crippen MR) is 77.8 cm³/mol. The van der Waals surface area contributed by atoms with Crippen LogP contribution >= 0.6 is 0 Å². The van der Waals surface area contributed by atoms with Crippen molar-refractivity contribution >= 4 is 12.0 Å². The van der Waals surface area contributed by atoms with Gasteiger partial charge < -0.3 is 14.9 Å². The fourth-order valence-corrected chi connectivity index (χ4v) is 2.53. The highest BCUT2D eigenvalue weighted by molar-refractivity contribution is 5.76. The highest BCUT2D eigenvalue weighted by atomic mass is 16.4. The second kappa shape index (κ2) is 6.92. The number of carboxylic acids is 1. The molecule has 2 atom stereocenters. The molecule has 0 aliphatic carbocycles. The third-order valence-electron chi connectivity index (χ3n) is 4.07. The molecule has 1 N–H and O–H groups in total. The SMILES string of the molecule is CC(C)N(CCC(=O)O)C(=O)N1CC(C)N(C)C(C)C1. The van der Waals surface area contributed by atoms with Gasteiger partial charge in [-0.05, 0) is 34.7 Å². The molecular formula is C14H27N3O3. The van der Waals surface area contributed by atoms with E-state index in [1.165, 1.54) is 0 Å². The van der Waals surface area contributed by atoms with E-state index in [0.717, 1.165) is 0 Å². The second-order valence-electron chi connectivity index (χ2n) is 5.98. The Bertz CT molecular complexity index is 348. The first-order valence-electron chi connectivity index (χ1n) is 7.23. The lowest BCUT2D eigenvalue weighted by Gasteiger charge is -2.44. The van der Waals surface area contributed by atoms with E-state index in [9.17, 15) is 9.59 Å². The van der Waals surface area contributed by atoms with Crippen LogP contribution in [0.4, 0.5) is 4.79 Å². The maximum absolute atomic E-state index is 12.6. The Labute approximate surface area is 121 Å². The van der Waals surface area contributed by atoms with E-state index >= 15 is 0 Å². The summed E-state index contributed by atoms with van der Waals surface area (Å²) < 4.78 is 0. The third kappa shape index (κ3) is 4.10. The number of hydrogen-bond acceptors (Lipinski definition) is 3. The Hall–Kier alpha value is -1.30. The van der Waals surface area contributed by atoms with E-state index in [1.54, 1.807) is 4.90 Å². The van der Waals surface area contributed by atoms with Crippen molar-refractivity contribution in [2.24, 2.45) is 0 Å². The van der Waals surface area contributed by atoms with Gasteiger partial charge in [0, 0.05) is 37.8 Å². The van der Waals surface area contributed by atoms with Gasteiger partial charge in [0.15, 0.2) is 0 Å². The number of amides is 2. The first-order valence-corrected chi connectivity index (χ1v) is 7.23. The van der Waals surface area contributed by atoms with Crippen molar-refractivity contribution in [2.45, 2.75) is 52.2 Å². The van der Waals surface area contributed by atoms with Gasteiger partial charge in [0.05, 0.1) is 6.42 Å². The number of nitrogens with zero attached hydrogens (tertiary/aromatic N) is 3. The van der Waals surface area contributed by atoms with Crippen LogP contribution in [0.2, 0.25) is 0 Å². The van der Waals surface area contributed by atoms with Gasteiger partial charge in [-0.2, -0.15) is 0 Å². The van der Waals surface area contributed by atoms with Crippen LogP contribution < -0.4 is 0 Å². The summed E-state index contributed by atoms with van der Waals surface area (Å²) in [6, 6.07) is 0.590. The first-order chi connectivity index (χ1) is 9.23. The number of carboxylic acid groups (broad SMARTS) is 1. The lowest BCUT2D eigenvalue weighted by molar-refractivity contribution is -0.137. The maximum atomic E-state index is 12.6. The number of piperazine rings is 1. The van der Waals surface area contributed by atoms with Crippen molar-refractivity contribution in [1.82, 2.24) is 14.7 Å². The van der Waals surface area contributed by atoms with E-state index in [2.05, 4.69) is 25.8 Å². The summed E-state index contributed by atoms with van der Waals surface area (Å²) in [6.45, 7) is 9.69. The summed E-state index contributed by atoms with van der Waals surface area (Å²) in [5.41, 5.74) is 0. The Morgan fingerprint density at radius 3 is 2.15 bits per heavy atom.